The van der Waals surface area contributed by atoms with E-state index in [2.05, 4.69) is 66.7 Å². The molecule has 17 heavy (non-hydrogen) atoms. The summed E-state index contributed by atoms with van der Waals surface area (Å²) in [5.41, 5.74) is 4.24. The van der Waals surface area contributed by atoms with E-state index in [1.165, 1.54) is 35.3 Å². The third-order valence-corrected chi connectivity index (χ3v) is 4.43. The Labute approximate surface area is 119 Å². The SMILES string of the molecule is Cc1cc(C)cc(CSCCC(C)CCBr)c1. The van der Waals surface area contributed by atoms with Crippen LogP contribution in [0.4, 0.5) is 0 Å². The van der Waals surface area contributed by atoms with Gasteiger partial charge in [0.05, 0.1) is 0 Å². The molecule has 0 nitrogen and oxygen atoms in total. The van der Waals surface area contributed by atoms with Crippen LogP contribution in [0.5, 0.6) is 0 Å². The second-order valence-electron chi connectivity index (χ2n) is 4.92. The van der Waals surface area contributed by atoms with E-state index in [4.69, 9.17) is 0 Å². The minimum Gasteiger partial charge on any atom is -0.157 e. The average Bonchev–Trinajstić information content (AvgIpc) is 2.23. The van der Waals surface area contributed by atoms with Crippen LogP contribution < -0.4 is 0 Å². The van der Waals surface area contributed by atoms with Gasteiger partial charge in [-0.3, -0.25) is 0 Å². The van der Waals surface area contributed by atoms with Gasteiger partial charge in [0.15, 0.2) is 0 Å². The predicted molar refractivity (Wildman–Crippen MR) is 84.3 cm³/mol. The number of benzene rings is 1. The lowest BCUT2D eigenvalue weighted by Gasteiger charge is -2.09. The molecule has 0 amide bonds. The summed E-state index contributed by atoms with van der Waals surface area (Å²) in [5.74, 6) is 3.28. The lowest BCUT2D eigenvalue weighted by atomic mass is 10.1. The Morgan fingerprint density at radius 1 is 1.12 bits per heavy atom. The summed E-state index contributed by atoms with van der Waals surface area (Å²) in [6.45, 7) is 6.71. The van der Waals surface area contributed by atoms with E-state index < -0.39 is 0 Å². The van der Waals surface area contributed by atoms with Gasteiger partial charge in [0, 0.05) is 11.1 Å². The molecule has 0 bridgehead atoms. The molecule has 96 valence electrons. The van der Waals surface area contributed by atoms with E-state index in [9.17, 15) is 0 Å². The second-order valence-corrected chi connectivity index (χ2v) is 6.82. The molecule has 0 N–H and O–H groups in total. The van der Waals surface area contributed by atoms with Crippen molar-refractivity contribution in [2.45, 2.75) is 39.4 Å². The molecule has 0 saturated carbocycles. The molecule has 1 rings (SSSR count). The lowest BCUT2D eigenvalue weighted by Crippen LogP contribution is -1.97. The van der Waals surface area contributed by atoms with Crippen molar-refractivity contribution in [1.29, 1.82) is 0 Å². The molecule has 1 aromatic rings. The van der Waals surface area contributed by atoms with E-state index in [0.717, 1.165) is 17.0 Å². The highest BCUT2D eigenvalue weighted by Crippen LogP contribution is 2.19. The summed E-state index contributed by atoms with van der Waals surface area (Å²) in [7, 11) is 0. The van der Waals surface area contributed by atoms with Crippen molar-refractivity contribution in [3.05, 3.63) is 34.9 Å². The predicted octanol–water partition coefficient (Wildman–Crippen LogP) is 5.35. The van der Waals surface area contributed by atoms with Crippen LogP contribution in [0.25, 0.3) is 0 Å². The maximum absolute atomic E-state index is 3.50. The van der Waals surface area contributed by atoms with Gasteiger partial charge in [-0.1, -0.05) is 52.2 Å². The zero-order valence-corrected chi connectivity index (χ0v) is 13.5. The van der Waals surface area contributed by atoms with Gasteiger partial charge in [-0.05, 0) is 43.9 Å². The monoisotopic (exact) mass is 314 g/mol. The van der Waals surface area contributed by atoms with Gasteiger partial charge in [0.2, 0.25) is 0 Å². The first-order valence-corrected chi connectivity index (χ1v) is 8.60. The Morgan fingerprint density at radius 2 is 1.76 bits per heavy atom. The van der Waals surface area contributed by atoms with Gasteiger partial charge in [0.25, 0.3) is 0 Å². The minimum atomic E-state index is 0.848. The number of alkyl halides is 1. The largest absolute Gasteiger partial charge is 0.157 e. The number of rotatable bonds is 7. The van der Waals surface area contributed by atoms with Crippen molar-refractivity contribution < 1.29 is 0 Å². The van der Waals surface area contributed by atoms with Crippen LogP contribution in [0.1, 0.15) is 36.5 Å². The molecular weight excluding hydrogens is 292 g/mol. The summed E-state index contributed by atoms with van der Waals surface area (Å²) in [5, 5.41) is 1.13. The number of halogens is 1. The standard InChI is InChI=1S/C15H23BrS/c1-12(4-6-16)5-7-17-11-15-9-13(2)8-14(3)10-15/h8-10,12H,4-7,11H2,1-3H3. The van der Waals surface area contributed by atoms with Gasteiger partial charge in [-0.15, -0.1) is 0 Å². The molecule has 0 saturated heterocycles. The van der Waals surface area contributed by atoms with Crippen LogP contribution in [0, 0.1) is 19.8 Å². The fraction of sp³-hybridized carbons (Fsp3) is 0.600. The van der Waals surface area contributed by atoms with Crippen molar-refractivity contribution in [3.63, 3.8) is 0 Å². The average molecular weight is 315 g/mol. The van der Waals surface area contributed by atoms with Crippen LogP contribution in [-0.4, -0.2) is 11.1 Å². The zero-order valence-electron chi connectivity index (χ0n) is 11.1. The molecule has 0 aromatic heterocycles. The topological polar surface area (TPSA) is 0 Å². The number of aryl methyl sites for hydroxylation is 2. The highest BCUT2D eigenvalue weighted by atomic mass is 79.9. The van der Waals surface area contributed by atoms with Gasteiger partial charge in [-0.25, -0.2) is 0 Å². The van der Waals surface area contributed by atoms with Crippen LogP contribution in [0.2, 0.25) is 0 Å². The Bertz CT molecular complexity index is 315. The molecule has 0 radical (unpaired) electrons. The van der Waals surface area contributed by atoms with Crippen LogP contribution in [-0.2, 0) is 5.75 Å². The number of thioether (sulfide) groups is 1. The molecule has 0 heterocycles. The fourth-order valence-electron chi connectivity index (χ4n) is 1.96. The van der Waals surface area contributed by atoms with E-state index in [-0.39, 0.29) is 0 Å². The first-order valence-electron chi connectivity index (χ1n) is 6.32. The van der Waals surface area contributed by atoms with Crippen molar-refractivity contribution >= 4 is 27.7 Å². The van der Waals surface area contributed by atoms with Gasteiger partial charge < -0.3 is 0 Å². The maximum atomic E-state index is 3.50. The van der Waals surface area contributed by atoms with E-state index >= 15 is 0 Å². The molecule has 0 spiro atoms. The highest BCUT2D eigenvalue weighted by molar-refractivity contribution is 9.09. The molecular formula is C15H23BrS. The normalized spacial score (nSPS) is 12.7. The minimum absolute atomic E-state index is 0.848. The number of hydrogen-bond donors (Lipinski definition) is 0. The highest BCUT2D eigenvalue weighted by Gasteiger charge is 2.01. The van der Waals surface area contributed by atoms with Crippen molar-refractivity contribution in [2.24, 2.45) is 5.92 Å². The van der Waals surface area contributed by atoms with Crippen molar-refractivity contribution in [1.82, 2.24) is 0 Å². The summed E-state index contributed by atoms with van der Waals surface area (Å²) in [4.78, 5) is 0. The summed E-state index contributed by atoms with van der Waals surface area (Å²) >= 11 is 5.57. The van der Waals surface area contributed by atoms with Gasteiger partial charge in [-0.2, -0.15) is 11.8 Å². The molecule has 0 fully saturated rings. The summed E-state index contributed by atoms with van der Waals surface area (Å²) in [6.07, 6.45) is 2.63. The number of hydrogen-bond acceptors (Lipinski definition) is 1. The second kappa shape index (κ2) is 8.20. The van der Waals surface area contributed by atoms with E-state index in [0.29, 0.717) is 0 Å². The van der Waals surface area contributed by atoms with Crippen molar-refractivity contribution in [2.75, 3.05) is 11.1 Å². The molecule has 1 unspecified atom stereocenters. The molecule has 0 aliphatic rings. The van der Waals surface area contributed by atoms with Crippen LogP contribution in [0.3, 0.4) is 0 Å². The van der Waals surface area contributed by atoms with E-state index in [1.807, 2.05) is 0 Å². The van der Waals surface area contributed by atoms with E-state index in [1.54, 1.807) is 0 Å². The fourth-order valence-corrected chi connectivity index (χ4v) is 3.85. The quantitative estimate of drug-likeness (QED) is 0.483. The summed E-state index contributed by atoms with van der Waals surface area (Å²) < 4.78 is 0. The molecule has 0 aliphatic carbocycles. The third kappa shape index (κ3) is 6.52. The van der Waals surface area contributed by atoms with Gasteiger partial charge >= 0.3 is 0 Å². The molecule has 2 heteroatoms. The summed E-state index contributed by atoms with van der Waals surface area (Å²) in [6, 6.07) is 6.86. The van der Waals surface area contributed by atoms with Crippen LogP contribution in [0.15, 0.2) is 18.2 Å². The molecule has 1 atom stereocenters. The smallest absolute Gasteiger partial charge is 0.0184 e. The zero-order chi connectivity index (χ0) is 12.7. The Hall–Kier alpha value is 0.0500. The molecule has 0 aliphatic heterocycles. The van der Waals surface area contributed by atoms with Crippen molar-refractivity contribution in [3.8, 4) is 0 Å². The Balaban J connectivity index is 2.26. The van der Waals surface area contributed by atoms with Gasteiger partial charge in [0.1, 0.15) is 0 Å². The maximum Gasteiger partial charge on any atom is 0.0184 e. The van der Waals surface area contributed by atoms with Crippen LogP contribution >= 0.6 is 27.7 Å². The Morgan fingerprint density at radius 3 is 2.35 bits per heavy atom. The third-order valence-electron chi connectivity index (χ3n) is 2.91. The lowest BCUT2D eigenvalue weighted by molar-refractivity contribution is 0.555. The Kier molecular flexibility index (Phi) is 7.29. The molecule has 1 aromatic carbocycles. The first-order chi connectivity index (χ1) is 8.11. The first kappa shape index (κ1) is 15.1.